The van der Waals surface area contributed by atoms with Gasteiger partial charge in [-0.05, 0) is 37.3 Å². The van der Waals surface area contributed by atoms with Crippen LogP contribution in [0.15, 0.2) is 18.2 Å². The maximum absolute atomic E-state index is 11.8. The molecule has 0 radical (unpaired) electrons. The van der Waals surface area contributed by atoms with Crippen LogP contribution in [0.4, 0.5) is 0 Å². The van der Waals surface area contributed by atoms with Crippen molar-refractivity contribution in [3.8, 4) is 5.75 Å². The van der Waals surface area contributed by atoms with E-state index in [9.17, 15) is 9.90 Å². The number of para-hydroxylation sites is 1. The maximum atomic E-state index is 11.8. The molecule has 1 amide bonds. The van der Waals surface area contributed by atoms with Gasteiger partial charge in [0.15, 0.2) is 0 Å². The topological polar surface area (TPSA) is 49.3 Å². The number of aryl methyl sites for hydroxylation is 1. The van der Waals surface area contributed by atoms with Gasteiger partial charge < -0.3 is 10.4 Å². The van der Waals surface area contributed by atoms with Crippen LogP contribution < -0.4 is 5.32 Å². The van der Waals surface area contributed by atoms with Crippen molar-refractivity contribution in [1.82, 2.24) is 5.32 Å². The Labute approximate surface area is 102 Å². The Morgan fingerprint density at radius 1 is 1.47 bits per heavy atom. The lowest BCUT2D eigenvalue weighted by Crippen LogP contribution is -2.24. The molecular formula is C14H19NO2. The average Bonchev–Trinajstić information content (AvgIpc) is 3.12. The molecule has 1 aromatic carbocycles. The van der Waals surface area contributed by atoms with Crippen molar-refractivity contribution in [3.05, 3.63) is 29.3 Å². The van der Waals surface area contributed by atoms with Gasteiger partial charge in [-0.15, -0.1) is 0 Å². The molecule has 1 saturated carbocycles. The van der Waals surface area contributed by atoms with Gasteiger partial charge in [-0.25, -0.2) is 0 Å². The number of amides is 1. The van der Waals surface area contributed by atoms with Crippen LogP contribution >= 0.6 is 0 Å². The lowest BCUT2D eigenvalue weighted by Gasteiger charge is -2.08. The van der Waals surface area contributed by atoms with Crippen LogP contribution in [0.1, 0.15) is 41.6 Å². The van der Waals surface area contributed by atoms with E-state index < -0.39 is 0 Å². The average molecular weight is 233 g/mol. The smallest absolute Gasteiger partial charge is 0.255 e. The van der Waals surface area contributed by atoms with Crippen molar-refractivity contribution in [3.63, 3.8) is 0 Å². The van der Waals surface area contributed by atoms with E-state index in [0.717, 1.165) is 17.9 Å². The zero-order chi connectivity index (χ0) is 12.3. The highest BCUT2D eigenvalue weighted by atomic mass is 16.3. The number of carbonyl (C=O) groups excluding carboxylic acids is 1. The number of phenols is 1. The van der Waals surface area contributed by atoms with Crippen molar-refractivity contribution in [2.75, 3.05) is 6.54 Å². The van der Waals surface area contributed by atoms with Crippen LogP contribution in [0.5, 0.6) is 5.75 Å². The Bertz CT molecular complexity index is 411. The molecule has 1 aliphatic carbocycles. The molecule has 3 nitrogen and oxygen atoms in total. The van der Waals surface area contributed by atoms with Crippen molar-refractivity contribution >= 4 is 5.91 Å². The molecule has 2 N–H and O–H groups in total. The number of phenolic OH excluding ortho intramolecular Hbond substituents is 1. The SMILES string of the molecule is Cc1cccc(C(=O)NCCCC2CC2)c1O. The molecule has 3 heteroatoms. The van der Waals surface area contributed by atoms with E-state index in [0.29, 0.717) is 12.1 Å². The van der Waals surface area contributed by atoms with Crippen LogP contribution in [0, 0.1) is 12.8 Å². The summed E-state index contributed by atoms with van der Waals surface area (Å²) in [6, 6.07) is 5.23. The second kappa shape index (κ2) is 5.21. The summed E-state index contributed by atoms with van der Waals surface area (Å²) in [5.41, 5.74) is 1.10. The fourth-order valence-electron chi connectivity index (χ4n) is 1.94. The molecule has 17 heavy (non-hydrogen) atoms. The Kier molecular flexibility index (Phi) is 3.67. The summed E-state index contributed by atoms with van der Waals surface area (Å²) >= 11 is 0. The molecule has 2 rings (SSSR count). The predicted molar refractivity (Wildman–Crippen MR) is 67.1 cm³/mol. The van der Waals surface area contributed by atoms with Gasteiger partial charge >= 0.3 is 0 Å². The number of nitrogens with one attached hydrogen (secondary N) is 1. The van der Waals surface area contributed by atoms with Gasteiger partial charge in [0.2, 0.25) is 0 Å². The molecule has 1 fully saturated rings. The van der Waals surface area contributed by atoms with Crippen LogP contribution in [0.25, 0.3) is 0 Å². The molecule has 1 aromatic rings. The Balaban J connectivity index is 1.83. The van der Waals surface area contributed by atoms with Gasteiger partial charge in [-0.2, -0.15) is 0 Å². The molecule has 1 aliphatic rings. The third-order valence-electron chi connectivity index (χ3n) is 3.25. The third kappa shape index (κ3) is 3.22. The Morgan fingerprint density at radius 2 is 2.24 bits per heavy atom. The highest BCUT2D eigenvalue weighted by Crippen LogP contribution is 2.33. The zero-order valence-corrected chi connectivity index (χ0v) is 10.2. The minimum atomic E-state index is -0.179. The highest BCUT2D eigenvalue weighted by molar-refractivity contribution is 5.97. The van der Waals surface area contributed by atoms with Gasteiger partial charge in [0.25, 0.3) is 5.91 Å². The number of rotatable bonds is 5. The number of carbonyl (C=O) groups is 1. The molecular weight excluding hydrogens is 214 g/mol. The maximum Gasteiger partial charge on any atom is 0.255 e. The summed E-state index contributed by atoms with van der Waals surface area (Å²) in [5.74, 6) is 0.813. The van der Waals surface area contributed by atoms with Crippen LogP contribution in [0.2, 0.25) is 0 Å². The molecule has 0 bridgehead atoms. The Hall–Kier alpha value is -1.51. The van der Waals surface area contributed by atoms with Gasteiger partial charge in [0, 0.05) is 6.54 Å². The van der Waals surface area contributed by atoms with Crippen molar-refractivity contribution in [2.45, 2.75) is 32.6 Å². The van der Waals surface area contributed by atoms with E-state index >= 15 is 0 Å². The lowest BCUT2D eigenvalue weighted by molar-refractivity contribution is 0.0950. The molecule has 0 spiro atoms. The second-order valence-corrected chi connectivity index (χ2v) is 4.81. The number of hydrogen-bond acceptors (Lipinski definition) is 2. The molecule has 0 aromatic heterocycles. The summed E-state index contributed by atoms with van der Waals surface area (Å²) in [4.78, 5) is 11.8. The van der Waals surface area contributed by atoms with E-state index in [2.05, 4.69) is 5.32 Å². The first kappa shape index (κ1) is 12.0. The van der Waals surface area contributed by atoms with Gasteiger partial charge in [-0.1, -0.05) is 25.0 Å². The standard InChI is InChI=1S/C14H19NO2/c1-10-4-2-6-12(13(10)16)14(17)15-9-3-5-11-7-8-11/h2,4,6,11,16H,3,5,7-9H2,1H3,(H,15,17). The molecule has 0 saturated heterocycles. The fourth-order valence-corrected chi connectivity index (χ4v) is 1.94. The quantitative estimate of drug-likeness (QED) is 0.768. The number of benzene rings is 1. The van der Waals surface area contributed by atoms with Crippen LogP contribution in [0.3, 0.4) is 0 Å². The summed E-state index contributed by atoms with van der Waals surface area (Å²) in [7, 11) is 0. The summed E-state index contributed by atoms with van der Waals surface area (Å²) in [6.45, 7) is 2.49. The van der Waals surface area contributed by atoms with Crippen molar-refractivity contribution in [2.24, 2.45) is 5.92 Å². The van der Waals surface area contributed by atoms with Crippen LogP contribution in [-0.4, -0.2) is 17.6 Å². The second-order valence-electron chi connectivity index (χ2n) is 4.81. The van der Waals surface area contributed by atoms with Gasteiger partial charge in [0.05, 0.1) is 5.56 Å². The predicted octanol–water partition coefficient (Wildman–Crippen LogP) is 2.62. The van der Waals surface area contributed by atoms with Crippen molar-refractivity contribution < 1.29 is 9.90 Å². The highest BCUT2D eigenvalue weighted by Gasteiger charge is 2.20. The fraction of sp³-hybridized carbons (Fsp3) is 0.500. The molecule has 0 aliphatic heterocycles. The monoisotopic (exact) mass is 233 g/mol. The number of hydrogen-bond donors (Lipinski definition) is 2. The van der Waals surface area contributed by atoms with E-state index in [1.54, 1.807) is 25.1 Å². The van der Waals surface area contributed by atoms with E-state index in [1.807, 2.05) is 0 Å². The van der Waals surface area contributed by atoms with E-state index in [4.69, 9.17) is 0 Å². The lowest BCUT2D eigenvalue weighted by atomic mass is 10.1. The minimum absolute atomic E-state index is 0.0900. The molecule has 0 atom stereocenters. The third-order valence-corrected chi connectivity index (χ3v) is 3.25. The normalized spacial score (nSPS) is 14.6. The Morgan fingerprint density at radius 3 is 2.94 bits per heavy atom. The zero-order valence-electron chi connectivity index (χ0n) is 10.2. The molecule has 0 heterocycles. The van der Waals surface area contributed by atoms with E-state index in [1.165, 1.54) is 19.3 Å². The molecule has 0 unspecified atom stereocenters. The minimum Gasteiger partial charge on any atom is -0.507 e. The summed E-state index contributed by atoms with van der Waals surface area (Å²) in [5, 5.41) is 12.6. The van der Waals surface area contributed by atoms with Crippen molar-refractivity contribution in [1.29, 1.82) is 0 Å². The summed E-state index contributed by atoms with van der Waals surface area (Å²) in [6.07, 6.45) is 4.95. The van der Waals surface area contributed by atoms with E-state index in [-0.39, 0.29) is 11.7 Å². The van der Waals surface area contributed by atoms with Crippen LogP contribution in [-0.2, 0) is 0 Å². The van der Waals surface area contributed by atoms with Gasteiger partial charge in [-0.3, -0.25) is 4.79 Å². The first-order chi connectivity index (χ1) is 8.18. The first-order valence-electron chi connectivity index (χ1n) is 6.25. The van der Waals surface area contributed by atoms with Gasteiger partial charge in [0.1, 0.15) is 5.75 Å². The largest absolute Gasteiger partial charge is 0.507 e. The number of aromatic hydroxyl groups is 1. The summed E-state index contributed by atoms with van der Waals surface area (Å²) < 4.78 is 0. The first-order valence-corrected chi connectivity index (χ1v) is 6.25. The molecule has 92 valence electrons.